The van der Waals surface area contributed by atoms with Gasteiger partial charge in [-0.25, -0.2) is 8.42 Å². The number of carbonyl (C=O) groups excluding carboxylic acids is 1. The van der Waals surface area contributed by atoms with E-state index in [0.29, 0.717) is 5.56 Å². The number of sulfone groups is 1. The molecule has 1 saturated heterocycles. The lowest BCUT2D eigenvalue weighted by Gasteiger charge is -2.16. The molecule has 1 amide bonds. The molecule has 0 radical (unpaired) electrons. The van der Waals surface area contributed by atoms with E-state index in [-0.39, 0.29) is 34.7 Å². The molecule has 0 saturated carbocycles. The van der Waals surface area contributed by atoms with Crippen molar-refractivity contribution in [2.24, 2.45) is 4.99 Å². The topological polar surface area (TPSA) is 87.6 Å². The van der Waals surface area contributed by atoms with Crippen LogP contribution in [0.4, 0.5) is 5.69 Å². The molecule has 2 heterocycles. The Balaban J connectivity index is 1.36. The molecule has 0 aliphatic carbocycles. The van der Waals surface area contributed by atoms with Crippen LogP contribution in [-0.4, -0.2) is 48.3 Å². The van der Waals surface area contributed by atoms with Crippen LogP contribution in [0.5, 0.6) is 0 Å². The third-order valence-corrected chi connectivity index (χ3v) is 8.79. The molecule has 8 heteroatoms. The summed E-state index contributed by atoms with van der Waals surface area (Å²) in [6.45, 7) is 3.99. The molecule has 4 rings (SSSR count). The van der Waals surface area contributed by atoms with Gasteiger partial charge in [-0.3, -0.25) is 9.79 Å². The molecule has 2 aliphatic heterocycles. The van der Waals surface area contributed by atoms with Gasteiger partial charge in [-0.05, 0) is 49.9 Å². The Morgan fingerprint density at radius 2 is 1.97 bits per heavy atom. The predicted octanol–water partition coefficient (Wildman–Crippen LogP) is 3.43. The first-order valence-corrected chi connectivity index (χ1v) is 13.2. The number of nitrogens with one attached hydrogen (secondary N) is 2. The first-order chi connectivity index (χ1) is 14.8. The molecule has 3 atom stereocenters. The zero-order valence-corrected chi connectivity index (χ0v) is 19.3. The number of nitrogens with zero attached hydrogens (tertiary/aromatic N) is 1. The van der Waals surface area contributed by atoms with E-state index in [9.17, 15) is 13.2 Å². The van der Waals surface area contributed by atoms with Gasteiger partial charge in [0.05, 0.1) is 17.5 Å². The van der Waals surface area contributed by atoms with Crippen molar-refractivity contribution in [3.05, 3.63) is 65.2 Å². The van der Waals surface area contributed by atoms with Crippen LogP contribution in [0.3, 0.4) is 0 Å². The third kappa shape index (κ3) is 5.49. The van der Waals surface area contributed by atoms with Crippen molar-refractivity contribution >= 4 is 38.4 Å². The average molecular weight is 458 g/mol. The minimum atomic E-state index is -2.97. The predicted molar refractivity (Wildman–Crippen MR) is 128 cm³/mol. The minimum Gasteiger partial charge on any atom is -0.350 e. The summed E-state index contributed by atoms with van der Waals surface area (Å²) in [6, 6.07) is 15.7. The van der Waals surface area contributed by atoms with E-state index in [1.54, 1.807) is 0 Å². The second kappa shape index (κ2) is 9.04. The highest BCUT2D eigenvalue weighted by atomic mass is 32.2. The molecule has 0 bridgehead atoms. The molecule has 164 valence electrons. The van der Waals surface area contributed by atoms with Crippen molar-refractivity contribution in [2.75, 3.05) is 16.8 Å². The molecule has 0 spiro atoms. The minimum absolute atomic E-state index is 0.00949. The van der Waals surface area contributed by atoms with E-state index in [0.717, 1.165) is 29.3 Å². The number of aliphatic imine (C=N–C) groups is 1. The van der Waals surface area contributed by atoms with Gasteiger partial charge < -0.3 is 10.6 Å². The van der Waals surface area contributed by atoms with Crippen molar-refractivity contribution in [1.29, 1.82) is 0 Å². The Hall–Kier alpha value is -2.32. The van der Waals surface area contributed by atoms with Crippen LogP contribution in [-0.2, 0) is 16.3 Å². The smallest absolute Gasteiger partial charge is 0.251 e. The quantitative estimate of drug-likeness (QED) is 0.694. The molecule has 0 aromatic heterocycles. The Morgan fingerprint density at radius 3 is 2.71 bits per heavy atom. The summed E-state index contributed by atoms with van der Waals surface area (Å²) in [4.78, 5) is 17.3. The van der Waals surface area contributed by atoms with Gasteiger partial charge in [-0.15, -0.1) is 0 Å². The summed E-state index contributed by atoms with van der Waals surface area (Å²) in [5.41, 5.74) is 3.67. The van der Waals surface area contributed by atoms with Gasteiger partial charge in [0.25, 0.3) is 5.91 Å². The van der Waals surface area contributed by atoms with E-state index in [4.69, 9.17) is 0 Å². The summed E-state index contributed by atoms with van der Waals surface area (Å²) < 4.78 is 23.5. The van der Waals surface area contributed by atoms with E-state index >= 15 is 0 Å². The average Bonchev–Trinajstić information content (AvgIpc) is 3.21. The van der Waals surface area contributed by atoms with E-state index < -0.39 is 9.84 Å². The molecule has 1 fully saturated rings. The van der Waals surface area contributed by atoms with Crippen molar-refractivity contribution < 1.29 is 13.2 Å². The molecule has 31 heavy (non-hydrogen) atoms. The number of hydrogen-bond acceptors (Lipinski definition) is 6. The van der Waals surface area contributed by atoms with Crippen molar-refractivity contribution in [3.8, 4) is 0 Å². The van der Waals surface area contributed by atoms with Gasteiger partial charge in [0.15, 0.2) is 15.0 Å². The monoisotopic (exact) mass is 457 g/mol. The van der Waals surface area contributed by atoms with Crippen LogP contribution in [0.25, 0.3) is 0 Å². The first-order valence-electron chi connectivity index (χ1n) is 10.5. The van der Waals surface area contributed by atoms with Crippen molar-refractivity contribution in [3.63, 3.8) is 0 Å². The lowest BCUT2D eigenvalue weighted by atomic mass is 10.1. The van der Waals surface area contributed by atoms with Crippen LogP contribution in [0.2, 0.25) is 0 Å². The maximum absolute atomic E-state index is 12.8. The molecule has 2 aliphatic rings. The standard InChI is InChI=1S/C23H27N3O3S2/c1-15-8-11-18(22(27)24-16(2)9-10-17-6-4-3-5-7-17)12-19(15)25-23-26-20-13-31(28,29)14-21(20)30-23/h3-8,11-12,16,20-21H,9-10,13-14H2,1-2H3,(H,24,27)(H,25,26)/t16?,20-,21+/m1/s1. The number of aryl methyl sites for hydroxylation is 2. The summed E-state index contributed by atoms with van der Waals surface area (Å²) in [5.74, 6) is 0.199. The van der Waals surface area contributed by atoms with Crippen molar-refractivity contribution in [2.45, 2.75) is 44.0 Å². The number of rotatable bonds is 6. The summed E-state index contributed by atoms with van der Waals surface area (Å²) in [5, 5.41) is 7.09. The molecule has 2 aromatic carbocycles. The lowest BCUT2D eigenvalue weighted by molar-refractivity contribution is 0.0938. The number of benzene rings is 2. The first kappa shape index (κ1) is 21.9. The zero-order chi connectivity index (χ0) is 22.0. The third-order valence-electron chi connectivity index (χ3n) is 5.65. The number of amides is 1. The van der Waals surface area contributed by atoms with Gasteiger partial charge in [-0.1, -0.05) is 48.2 Å². The van der Waals surface area contributed by atoms with Crippen LogP contribution in [0, 0.1) is 6.92 Å². The molecule has 2 aromatic rings. The summed E-state index contributed by atoms with van der Waals surface area (Å²) >= 11 is 1.48. The van der Waals surface area contributed by atoms with Crippen LogP contribution < -0.4 is 10.6 Å². The maximum atomic E-state index is 12.8. The molecular formula is C23H27N3O3S2. The Bertz CT molecular complexity index is 1100. The second-order valence-electron chi connectivity index (χ2n) is 8.29. The van der Waals surface area contributed by atoms with Crippen LogP contribution in [0.15, 0.2) is 53.5 Å². The fraction of sp³-hybridized carbons (Fsp3) is 0.391. The van der Waals surface area contributed by atoms with Crippen LogP contribution in [0.1, 0.15) is 34.8 Å². The number of carbonyl (C=O) groups is 1. The molecule has 6 nitrogen and oxygen atoms in total. The highest BCUT2D eigenvalue weighted by Crippen LogP contribution is 2.35. The van der Waals surface area contributed by atoms with E-state index in [1.165, 1.54) is 17.3 Å². The van der Waals surface area contributed by atoms with Crippen molar-refractivity contribution in [1.82, 2.24) is 5.32 Å². The summed E-state index contributed by atoms with van der Waals surface area (Å²) in [6.07, 6.45) is 1.78. The molecule has 2 N–H and O–H groups in total. The largest absolute Gasteiger partial charge is 0.350 e. The number of thioether (sulfide) groups is 1. The second-order valence-corrected chi connectivity index (χ2v) is 11.7. The van der Waals surface area contributed by atoms with E-state index in [2.05, 4.69) is 27.8 Å². The summed E-state index contributed by atoms with van der Waals surface area (Å²) in [7, 11) is -2.97. The number of amidine groups is 1. The van der Waals surface area contributed by atoms with Crippen LogP contribution >= 0.6 is 11.8 Å². The number of anilines is 1. The number of hydrogen-bond donors (Lipinski definition) is 2. The maximum Gasteiger partial charge on any atom is 0.251 e. The van der Waals surface area contributed by atoms with Gasteiger partial charge in [0, 0.05) is 22.5 Å². The molecular weight excluding hydrogens is 430 g/mol. The highest BCUT2D eigenvalue weighted by Gasteiger charge is 2.42. The van der Waals surface area contributed by atoms with Gasteiger partial charge in [0.1, 0.15) is 0 Å². The van der Waals surface area contributed by atoms with Gasteiger partial charge >= 0.3 is 0 Å². The fourth-order valence-corrected chi connectivity index (χ4v) is 7.50. The number of fused-ring (bicyclic) bond motifs is 1. The fourth-order valence-electron chi connectivity index (χ4n) is 3.84. The van der Waals surface area contributed by atoms with Gasteiger partial charge in [-0.2, -0.15) is 0 Å². The van der Waals surface area contributed by atoms with Gasteiger partial charge in [0.2, 0.25) is 0 Å². The van der Waals surface area contributed by atoms with E-state index in [1.807, 2.05) is 50.2 Å². The normalized spacial score (nSPS) is 22.5. The Labute approximate surface area is 187 Å². The SMILES string of the molecule is Cc1ccc(C(=O)NC(C)CCc2ccccc2)cc1NC1=N[C@@H]2CS(=O)(=O)C[C@@H]2S1. The Morgan fingerprint density at radius 1 is 1.19 bits per heavy atom. The lowest BCUT2D eigenvalue weighted by Crippen LogP contribution is -2.33. The zero-order valence-electron chi connectivity index (χ0n) is 17.7. The molecule has 1 unspecified atom stereocenters. The highest BCUT2D eigenvalue weighted by molar-refractivity contribution is 8.15. The Kier molecular flexibility index (Phi) is 6.39.